The average molecular weight is 231 g/mol. The number of carbonyl (C=O) groups is 1. The Morgan fingerprint density at radius 2 is 2.35 bits per heavy atom. The summed E-state index contributed by atoms with van der Waals surface area (Å²) in [6, 6.07) is 6.05. The van der Waals surface area contributed by atoms with Crippen LogP contribution in [0.25, 0.3) is 5.57 Å². The molecule has 3 nitrogen and oxygen atoms in total. The molecule has 1 aromatic heterocycles. The number of carboxylic acid groups (broad SMARTS) is 1. The van der Waals surface area contributed by atoms with Crippen LogP contribution in [0.2, 0.25) is 0 Å². The lowest BCUT2D eigenvalue weighted by Crippen LogP contribution is -2.16. The maximum Gasteiger partial charge on any atom is 0.306 e. The second-order valence-corrected chi connectivity index (χ2v) is 4.41. The van der Waals surface area contributed by atoms with E-state index in [1.165, 1.54) is 5.57 Å². The van der Waals surface area contributed by atoms with E-state index in [0.29, 0.717) is 6.42 Å². The molecule has 2 rings (SSSR count). The van der Waals surface area contributed by atoms with E-state index in [9.17, 15) is 4.79 Å². The van der Waals surface area contributed by atoms with Crippen LogP contribution in [0.4, 0.5) is 0 Å². The predicted molar refractivity (Wildman–Crippen MR) is 66.6 cm³/mol. The van der Waals surface area contributed by atoms with E-state index < -0.39 is 5.97 Å². The van der Waals surface area contributed by atoms with Crippen LogP contribution >= 0.6 is 0 Å². The molecule has 1 aliphatic rings. The molecule has 0 amide bonds. The second-order valence-electron chi connectivity index (χ2n) is 4.41. The molecule has 0 spiro atoms. The van der Waals surface area contributed by atoms with Crippen LogP contribution in [0.15, 0.2) is 24.3 Å². The maximum atomic E-state index is 10.9. The van der Waals surface area contributed by atoms with Gasteiger partial charge in [0.1, 0.15) is 0 Å². The second kappa shape index (κ2) is 5.13. The number of nitrogens with zero attached hydrogens (tertiary/aromatic N) is 1. The Balaban J connectivity index is 2.16. The van der Waals surface area contributed by atoms with E-state index in [2.05, 4.69) is 11.9 Å². The minimum Gasteiger partial charge on any atom is -0.481 e. The Labute approximate surface area is 101 Å². The van der Waals surface area contributed by atoms with Gasteiger partial charge in [-0.1, -0.05) is 19.1 Å². The highest BCUT2D eigenvalue weighted by Crippen LogP contribution is 2.29. The van der Waals surface area contributed by atoms with Gasteiger partial charge in [0.2, 0.25) is 0 Å². The number of hydrogen-bond acceptors (Lipinski definition) is 2. The highest BCUT2D eigenvalue weighted by molar-refractivity contribution is 5.73. The van der Waals surface area contributed by atoms with Crippen molar-refractivity contribution in [2.24, 2.45) is 5.92 Å². The van der Waals surface area contributed by atoms with Gasteiger partial charge in [0.15, 0.2) is 0 Å². The number of aryl methyl sites for hydroxylation is 1. The summed E-state index contributed by atoms with van der Waals surface area (Å²) in [7, 11) is 0. The van der Waals surface area contributed by atoms with Gasteiger partial charge in [-0.2, -0.15) is 0 Å². The third-order valence-electron chi connectivity index (χ3n) is 3.26. The van der Waals surface area contributed by atoms with Crippen LogP contribution in [-0.2, 0) is 11.2 Å². The fourth-order valence-corrected chi connectivity index (χ4v) is 2.15. The quantitative estimate of drug-likeness (QED) is 0.870. The number of pyridine rings is 1. The van der Waals surface area contributed by atoms with E-state index in [1.807, 2.05) is 24.3 Å². The van der Waals surface area contributed by atoms with Gasteiger partial charge in [-0.3, -0.25) is 9.78 Å². The summed E-state index contributed by atoms with van der Waals surface area (Å²) in [5, 5.41) is 8.93. The zero-order valence-corrected chi connectivity index (χ0v) is 10.0. The van der Waals surface area contributed by atoms with Crippen molar-refractivity contribution in [2.75, 3.05) is 0 Å². The lowest BCUT2D eigenvalue weighted by molar-refractivity contribution is -0.141. The lowest BCUT2D eigenvalue weighted by Gasteiger charge is -2.18. The van der Waals surface area contributed by atoms with Crippen molar-refractivity contribution in [3.05, 3.63) is 35.7 Å². The Morgan fingerprint density at radius 1 is 1.53 bits per heavy atom. The summed E-state index contributed by atoms with van der Waals surface area (Å²) in [6.45, 7) is 2.09. The number of carboxylic acids is 1. The molecule has 0 saturated heterocycles. The van der Waals surface area contributed by atoms with E-state index in [4.69, 9.17) is 5.11 Å². The van der Waals surface area contributed by atoms with E-state index in [1.54, 1.807) is 0 Å². The number of aromatic nitrogens is 1. The molecule has 0 bridgehead atoms. The van der Waals surface area contributed by atoms with Gasteiger partial charge in [-0.05, 0) is 43.4 Å². The average Bonchev–Trinajstić information content (AvgIpc) is 2.39. The van der Waals surface area contributed by atoms with Gasteiger partial charge in [0, 0.05) is 5.69 Å². The van der Waals surface area contributed by atoms with Crippen LogP contribution in [-0.4, -0.2) is 16.1 Å². The molecular formula is C14H17NO2. The van der Waals surface area contributed by atoms with Gasteiger partial charge in [-0.15, -0.1) is 0 Å². The van der Waals surface area contributed by atoms with Crippen LogP contribution < -0.4 is 0 Å². The first-order valence-corrected chi connectivity index (χ1v) is 6.09. The van der Waals surface area contributed by atoms with Gasteiger partial charge < -0.3 is 5.11 Å². The Morgan fingerprint density at radius 3 is 2.94 bits per heavy atom. The third-order valence-corrected chi connectivity index (χ3v) is 3.26. The first-order valence-electron chi connectivity index (χ1n) is 6.09. The normalized spacial score (nSPS) is 19.8. The summed E-state index contributed by atoms with van der Waals surface area (Å²) < 4.78 is 0. The van der Waals surface area contributed by atoms with Crippen molar-refractivity contribution in [3.8, 4) is 0 Å². The van der Waals surface area contributed by atoms with Gasteiger partial charge in [0.05, 0.1) is 11.6 Å². The van der Waals surface area contributed by atoms with Crippen molar-refractivity contribution >= 4 is 11.5 Å². The maximum absolute atomic E-state index is 10.9. The summed E-state index contributed by atoms with van der Waals surface area (Å²) in [5.74, 6) is -0.899. The fraction of sp³-hybridized carbons (Fsp3) is 0.429. The van der Waals surface area contributed by atoms with Crippen LogP contribution in [0, 0.1) is 5.92 Å². The molecule has 1 aromatic rings. The van der Waals surface area contributed by atoms with Crippen LogP contribution in [0.3, 0.4) is 0 Å². The van der Waals surface area contributed by atoms with Crippen molar-refractivity contribution in [1.82, 2.24) is 4.98 Å². The zero-order chi connectivity index (χ0) is 12.3. The molecule has 90 valence electrons. The molecule has 17 heavy (non-hydrogen) atoms. The summed E-state index contributed by atoms with van der Waals surface area (Å²) in [4.78, 5) is 15.4. The zero-order valence-electron chi connectivity index (χ0n) is 10.0. The molecule has 0 aromatic carbocycles. The lowest BCUT2D eigenvalue weighted by atomic mass is 9.88. The largest absolute Gasteiger partial charge is 0.481 e. The summed E-state index contributed by atoms with van der Waals surface area (Å²) >= 11 is 0. The smallest absolute Gasteiger partial charge is 0.306 e. The van der Waals surface area contributed by atoms with Gasteiger partial charge >= 0.3 is 5.97 Å². The van der Waals surface area contributed by atoms with Crippen molar-refractivity contribution in [1.29, 1.82) is 0 Å². The standard InChI is InChI=1S/C14H17NO2/c1-2-12-4-3-5-13(15-12)10-6-8-11(9-7-10)14(16)17/h3-6,11H,2,7-9H2,1H3,(H,16,17). The van der Waals surface area contributed by atoms with E-state index in [0.717, 1.165) is 30.7 Å². The number of allylic oxidation sites excluding steroid dienone is 2. The van der Waals surface area contributed by atoms with Crippen LogP contribution in [0.1, 0.15) is 37.6 Å². The molecule has 0 aliphatic heterocycles. The highest BCUT2D eigenvalue weighted by atomic mass is 16.4. The molecule has 0 saturated carbocycles. The monoisotopic (exact) mass is 231 g/mol. The van der Waals surface area contributed by atoms with E-state index in [-0.39, 0.29) is 5.92 Å². The van der Waals surface area contributed by atoms with E-state index >= 15 is 0 Å². The van der Waals surface area contributed by atoms with Gasteiger partial charge in [0.25, 0.3) is 0 Å². The molecule has 1 aliphatic carbocycles. The topological polar surface area (TPSA) is 50.2 Å². The first-order chi connectivity index (χ1) is 8.20. The molecular weight excluding hydrogens is 214 g/mol. The Bertz CT molecular complexity index is 451. The van der Waals surface area contributed by atoms with Crippen molar-refractivity contribution in [2.45, 2.75) is 32.6 Å². The Kier molecular flexibility index (Phi) is 3.57. The summed E-state index contributed by atoms with van der Waals surface area (Å²) in [5.41, 5.74) is 3.29. The summed E-state index contributed by atoms with van der Waals surface area (Å²) in [6.07, 6.45) is 5.13. The van der Waals surface area contributed by atoms with Crippen molar-refractivity contribution in [3.63, 3.8) is 0 Å². The van der Waals surface area contributed by atoms with Crippen molar-refractivity contribution < 1.29 is 9.90 Å². The number of rotatable bonds is 3. The first kappa shape index (κ1) is 11.8. The molecule has 3 heteroatoms. The predicted octanol–water partition coefficient (Wildman–Crippen LogP) is 2.91. The molecule has 1 atom stereocenters. The molecule has 1 unspecified atom stereocenters. The molecule has 0 radical (unpaired) electrons. The highest BCUT2D eigenvalue weighted by Gasteiger charge is 2.21. The SMILES string of the molecule is CCc1cccc(C2=CCC(C(=O)O)CC2)n1. The molecule has 0 fully saturated rings. The molecule has 1 N–H and O–H groups in total. The van der Waals surface area contributed by atoms with Gasteiger partial charge in [-0.25, -0.2) is 0 Å². The molecule has 1 heterocycles. The minimum absolute atomic E-state index is 0.215. The fourth-order valence-electron chi connectivity index (χ4n) is 2.15. The third kappa shape index (κ3) is 2.73. The number of hydrogen-bond donors (Lipinski definition) is 1. The minimum atomic E-state index is -0.685. The number of aliphatic carboxylic acids is 1. The Hall–Kier alpha value is -1.64. The van der Waals surface area contributed by atoms with Crippen LogP contribution in [0.5, 0.6) is 0 Å².